The van der Waals surface area contributed by atoms with Crippen LogP contribution in [-0.2, 0) is 12.8 Å². The highest BCUT2D eigenvalue weighted by Gasteiger charge is 1.98. The quantitative estimate of drug-likeness (QED) is 0.384. The maximum absolute atomic E-state index is 4.59. The maximum Gasteiger partial charge on any atom is 0.0734 e. The van der Waals surface area contributed by atoms with Crippen molar-refractivity contribution in [2.75, 3.05) is 0 Å². The molecule has 0 N–H and O–H groups in total. The molecule has 1 aromatic carbocycles. The van der Waals surface area contributed by atoms with Gasteiger partial charge in [0.1, 0.15) is 0 Å². The molecule has 0 saturated heterocycles. The molecular formula is C30H46N2. The monoisotopic (exact) mass is 434 g/mol. The standard InChI is InChI=1S/C12H13N.C7H9N.C6H12.C3H6.C2H6/c1-3-11-8-7-10-6-4-5-9(2)12(10)13-11;1-2-7-5-3-4-6-8-7;1-4-6(3)5-2;1-3-2;1-2/h4-8H,3H2,1-2H3;3-6H,2H2,1H3;4H,5H2,1-3H3;3H,1H2,2H3;1-2H3/b;;6-4+;;. The predicted octanol–water partition coefficient (Wildman–Crippen LogP) is 9.33. The molecule has 0 atom stereocenters. The second-order valence-corrected chi connectivity index (χ2v) is 6.87. The van der Waals surface area contributed by atoms with E-state index >= 15 is 0 Å². The molecule has 0 amide bonds. The third-order valence-electron chi connectivity index (χ3n) is 4.48. The molecule has 0 radical (unpaired) electrons. The lowest BCUT2D eigenvalue weighted by atomic mass is 10.1. The van der Waals surface area contributed by atoms with Gasteiger partial charge in [0.15, 0.2) is 0 Å². The van der Waals surface area contributed by atoms with E-state index in [1.807, 2.05) is 45.2 Å². The molecule has 3 rings (SSSR count). The maximum atomic E-state index is 4.59. The van der Waals surface area contributed by atoms with Gasteiger partial charge in [0.2, 0.25) is 0 Å². The summed E-state index contributed by atoms with van der Waals surface area (Å²) in [4.78, 5) is 8.69. The summed E-state index contributed by atoms with van der Waals surface area (Å²) in [7, 11) is 0. The number of hydrogen-bond acceptors (Lipinski definition) is 2. The normalized spacial score (nSPS) is 9.47. The fourth-order valence-corrected chi connectivity index (χ4v) is 2.34. The number of aryl methyl sites for hydroxylation is 3. The first-order valence-corrected chi connectivity index (χ1v) is 11.9. The van der Waals surface area contributed by atoms with Crippen LogP contribution < -0.4 is 0 Å². The van der Waals surface area contributed by atoms with Crippen LogP contribution in [0.15, 0.2) is 79.0 Å². The van der Waals surface area contributed by atoms with Gasteiger partial charge in [-0.3, -0.25) is 9.97 Å². The molecule has 176 valence electrons. The SMILES string of the molecule is C/C=C(\C)CC.C=CC.CC.CCc1ccc2cccc(C)c2n1.CCc1ccccn1. The molecule has 0 fully saturated rings. The third-order valence-corrected chi connectivity index (χ3v) is 4.48. The highest BCUT2D eigenvalue weighted by Crippen LogP contribution is 2.16. The lowest BCUT2D eigenvalue weighted by molar-refractivity contribution is 1.04. The summed E-state index contributed by atoms with van der Waals surface area (Å²) in [5, 5.41) is 1.23. The van der Waals surface area contributed by atoms with E-state index in [4.69, 9.17) is 0 Å². The van der Waals surface area contributed by atoms with Crippen molar-refractivity contribution in [1.29, 1.82) is 0 Å². The molecule has 0 unspecified atom stereocenters. The first kappa shape index (κ1) is 31.4. The number of rotatable bonds is 3. The van der Waals surface area contributed by atoms with Gasteiger partial charge in [0.25, 0.3) is 0 Å². The van der Waals surface area contributed by atoms with Crippen LogP contribution in [0, 0.1) is 6.92 Å². The predicted molar refractivity (Wildman–Crippen MR) is 146 cm³/mol. The highest BCUT2D eigenvalue weighted by atomic mass is 14.7. The molecular weight excluding hydrogens is 388 g/mol. The fourth-order valence-electron chi connectivity index (χ4n) is 2.34. The Morgan fingerprint density at radius 1 is 0.875 bits per heavy atom. The van der Waals surface area contributed by atoms with Gasteiger partial charge >= 0.3 is 0 Å². The van der Waals surface area contributed by atoms with Crippen LogP contribution in [0.5, 0.6) is 0 Å². The molecule has 2 aromatic heterocycles. The van der Waals surface area contributed by atoms with E-state index in [9.17, 15) is 0 Å². The summed E-state index contributed by atoms with van der Waals surface area (Å²) in [6, 6.07) is 16.5. The summed E-state index contributed by atoms with van der Waals surface area (Å²) in [5.74, 6) is 0. The van der Waals surface area contributed by atoms with Crippen LogP contribution in [0.3, 0.4) is 0 Å². The lowest BCUT2D eigenvalue weighted by Crippen LogP contribution is -1.89. The van der Waals surface area contributed by atoms with E-state index in [0.29, 0.717) is 0 Å². The first-order valence-electron chi connectivity index (χ1n) is 11.9. The van der Waals surface area contributed by atoms with Crippen LogP contribution in [0.25, 0.3) is 10.9 Å². The highest BCUT2D eigenvalue weighted by molar-refractivity contribution is 5.81. The van der Waals surface area contributed by atoms with Crippen molar-refractivity contribution in [2.24, 2.45) is 0 Å². The molecule has 0 aliphatic rings. The molecule has 32 heavy (non-hydrogen) atoms. The van der Waals surface area contributed by atoms with Crippen molar-refractivity contribution >= 4 is 10.9 Å². The van der Waals surface area contributed by atoms with E-state index < -0.39 is 0 Å². The molecule has 2 nitrogen and oxygen atoms in total. The van der Waals surface area contributed by atoms with Gasteiger partial charge < -0.3 is 0 Å². The van der Waals surface area contributed by atoms with Gasteiger partial charge in [-0.05, 0) is 70.7 Å². The lowest BCUT2D eigenvalue weighted by Gasteiger charge is -2.02. The third kappa shape index (κ3) is 14.3. The Bertz CT molecular complexity index is 864. The summed E-state index contributed by atoms with van der Waals surface area (Å²) in [6.45, 7) is 22.0. The van der Waals surface area contributed by atoms with E-state index in [-0.39, 0.29) is 0 Å². The van der Waals surface area contributed by atoms with Gasteiger partial charge in [-0.25, -0.2) is 0 Å². The first-order chi connectivity index (χ1) is 15.5. The van der Waals surface area contributed by atoms with E-state index in [1.165, 1.54) is 28.6 Å². The van der Waals surface area contributed by atoms with E-state index in [2.05, 4.69) is 94.5 Å². The average molecular weight is 435 g/mol. The minimum atomic E-state index is 1.00. The Labute approximate surface area is 198 Å². The number of aromatic nitrogens is 2. The second-order valence-electron chi connectivity index (χ2n) is 6.87. The molecule has 0 saturated carbocycles. The summed E-state index contributed by atoms with van der Waals surface area (Å²) in [6.07, 6.45) is 8.93. The number of allylic oxidation sites excluding steroid dienone is 3. The van der Waals surface area contributed by atoms with Crippen molar-refractivity contribution in [1.82, 2.24) is 9.97 Å². The average Bonchev–Trinajstić information content (AvgIpc) is 2.86. The van der Waals surface area contributed by atoms with Gasteiger partial charge in [-0.1, -0.05) is 82.7 Å². The minimum Gasteiger partial charge on any atom is -0.261 e. The Morgan fingerprint density at radius 3 is 1.91 bits per heavy atom. The molecule has 0 bridgehead atoms. The number of fused-ring (bicyclic) bond motifs is 1. The Balaban J connectivity index is 0. The zero-order valence-electron chi connectivity index (χ0n) is 22.1. The summed E-state index contributed by atoms with van der Waals surface area (Å²) < 4.78 is 0. The fraction of sp³-hybridized carbons (Fsp3) is 0.400. The van der Waals surface area contributed by atoms with Gasteiger partial charge in [0, 0.05) is 23.0 Å². The molecule has 2 heterocycles. The zero-order valence-corrected chi connectivity index (χ0v) is 22.1. The number of pyridine rings is 2. The number of para-hydroxylation sites is 1. The van der Waals surface area contributed by atoms with Gasteiger partial charge in [-0.15, -0.1) is 6.58 Å². The van der Waals surface area contributed by atoms with Crippen molar-refractivity contribution < 1.29 is 0 Å². The number of hydrogen-bond donors (Lipinski definition) is 0. The van der Waals surface area contributed by atoms with Crippen molar-refractivity contribution in [3.05, 3.63) is 96.0 Å². The van der Waals surface area contributed by atoms with Crippen LogP contribution in [0.1, 0.15) is 78.8 Å². The molecule has 0 aliphatic carbocycles. The van der Waals surface area contributed by atoms with Crippen molar-refractivity contribution in [3.63, 3.8) is 0 Å². The van der Waals surface area contributed by atoms with E-state index in [0.717, 1.165) is 24.1 Å². The smallest absolute Gasteiger partial charge is 0.0734 e. The van der Waals surface area contributed by atoms with Crippen molar-refractivity contribution in [3.8, 4) is 0 Å². The Morgan fingerprint density at radius 2 is 1.50 bits per heavy atom. The molecule has 0 spiro atoms. The van der Waals surface area contributed by atoms with Crippen LogP contribution in [-0.4, -0.2) is 9.97 Å². The topological polar surface area (TPSA) is 25.8 Å². The van der Waals surface area contributed by atoms with Crippen LogP contribution in [0.4, 0.5) is 0 Å². The second kappa shape index (κ2) is 21.5. The Kier molecular flexibility index (Phi) is 21.1. The van der Waals surface area contributed by atoms with Crippen molar-refractivity contribution in [2.45, 2.75) is 81.6 Å². The molecule has 0 aliphatic heterocycles. The zero-order chi connectivity index (χ0) is 24.8. The van der Waals surface area contributed by atoms with Gasteiger partial charge in [0.05, 0.1) is 5.52 Å². The minimum absolute atomic E-state index is 1.00. The molecule has 3 aromatic rings. The largest absolute Gasteiger partial charge is 0.261 e. The summed E-state index contributed by atoms with van der Waals surface area (Å²) in [5.41, 5.74) is 6.19. The van der Waals surface area contributed by atoms with Crippen LogP contribution in [0.2, 0.25) is 0 Å². The summed E-state index contributed by atoms with van der Waals surface area (Å²) >= 11 is 0. The van der Waals surface area contributed by atoms with Gasteiger partial charge in [-0.2, -0.15) is 0 Å². The Hall–Kier alpha value is -2.74. The van der Waals surface area contributed by atoms with Crippen LogP contribution >= 0.6 is 0 Å². The number of nitrogens with zero attached hydrogens (tertiary/aromatic N) is 2. The van der Waals surface area contributed by atoms with E-state index in [1.54, 1.807) is 6.08 Å². The molecule has 2 heteroatoms. The number of benzene rings is 1.